The van der Waals surface area contributed by atoms with E-state index in [1.165, 1.54) is 0 Å². The summed E-state index contributed by atoms with van der Waals surface area (Å²) in [6.45, 7) is 4.31. The molecule has 1 fully saturated rings. The second-order valence-electron chi connectivity index (χ2n) is 9.24. The number of nitrogens with zero attached hydrogens (tertiary/aromatic N) is 1. The number of aryl methyl sites for hydroxylation is 2. The third-order valence-corrected chi connectivity index (χ3v) is 9.46. The minimum absolute atomic E-state index is 0.0279. The van der Waals surface area contributed by atoms with Gasteiger partial charge in [-0.1, -0.05) is 23.2 Å². The highest BCUT2D eigenvalue weighted by molar-refractivity contribution is 8.24. The van der Waals surface area contributed by atoms with E-state index >= 15 is 0 Å². The van der Waals surface area contributed by atoms with Gasteiger partial charge in [0.05, 0.1) is 23.2 Å². The number of nitrogens with one attached hydrogen (secondary N) is 1. The third-order valence-electron chi connectivity index (χ3n) is 6.94. The van der Waals surface area contributed by atoms with Crippen LogP contribution < -0.4 is 5.56 Å². The molecule has 1 aromatic carbocycles. The topological polar surface area (TPSA) is 103 Å². The molecule has 1 amide bonds. The van der Waals surface area contributed by atoms with Crippen molar-refractivity contribution in [1.29, 1.82) is 0 Å². The van der Waals surface area contributed by atoms with Crippen LogP contribution in [0.5, 0.6) is 0 Å². The Bertz CT molecular complexity index is 1170. The molecule has 1 aromatic heterocycles. The Hall–Kier alpha value is -1.55. The Kier molecular flexibility index (Phi) is 7.39. The van der Waals surface area contributed by atoms with Gasteiger partial charge < -0.3 is 14.6 Å². The van der Waals surface area contributed by atoms with E-state index in [4.69, 9.17) is 27.9 Å². The molecule has 0 bridgehead atoms. The molecule has 186 valence electrons. The van der Waals surface area contributed by atoms with E-state index in [0.29, 0.717) is 69.6 Å². The monoisotopic (exact) mass is 528 g/mol. The lowest BCUT2D eigenvalue weighted by atomic mass is 9.87. The maximum atomic E-state index is 13.6. The number of hydrogen-bond acceptors (Lipinski definition) is 5. The Morgan fingerprint density at radius 3 is 2.50 bits per heavy atom. The number of carbonyl (C=O) groups excluding carboxylic acids is 1. The van der Waals surface area contributed by atoms with Gasteiger partial charge in [-0.2, -0.15) is 10.6 Å². The van der Waals surface area contributed by atoms with Gasteiger partial charge in [-0.05, 0) is 62.3 Å². The van der Waals surface area contributed by atoms with Crippen LogP contribution in [0, 0.1) is 19.8 Å². The molecule has 4 rings (SSSR count). The number of methoxy groups -OCH3 is 1. The summed E-state index contributed by atoms with van der Waals surface area (Å²) in [4.78, 5) is 30.5. The van der Waals surface area contributed by atoms with Crippen molar-refractivity contribution < 1.29 is 18.6 Å². The molecular weight excluding hydrogens is 499 g/mol. The van der Waals surface area contributed by atoms with Crippen LogP contribution in [-0.2, 0) is 17.7 Å². The van der Waals surface area contributed by atoms with Crippen molar-refractivity contribution in [3.05, 3.63) is 66.0 Å². The summed E-state index contributed by atoms with van der Waals surface area (Å²) < 4.78 is 25.8. The molecule has 0 aliphatic carbocycles. The molecule has 0 saturated carbocycles. The molecule has 3 heterocycles. The van der Waals surface area contributed by atoms with Crippen LogP contribution in [0.4, 0.5) is 0 Å². The molecular formula is C24H30Cl2N2O5S. The van der Waals surface area contributed by atoms with Gasteiger partial charge in [-0.15, -0.1) is 0 Å². The van der Waals surface area contributed by atoms with Crippen LogP contribution in [0.1, 0.15) is 57.3 Å². The minimum atomic E-state index is -2.53. The summed E-state index contributed by atoms with van der Waals surface area (Å²) in [5.74, 6) is 0.415. The summed E-state index contributed by atoms with van der Waals surface area (Å²) in [5.41, 5.74) is 3.66. The van der Waals surface area contributed by atoms with Gasteiger partial charge in [0.1, 0.15) is 0 Å². The molecule has 1 saturated heterocycles. The first kappa shape index (κ1) is 25.5. The molecule has 7 nitrogen and oxygen atoms in total. The Labute approximate surface area is 210 Å². The summed E-state index contributed by atoms with van der Waals surface area (Å²) >= 11 is 13.5. The fourth-order valence-electron chi connectivity index (χ4n) is 5.09. The highest BCUT2D eigenvalue weighted by atomic mass is 35.5. The van der Waals surface area contributed by atoms with Crippen LogP contribution in [0.15, 0.2) is 16.9 Å². The number of benzene rings is 1. The lowest BCUT2D eigenvalue weighted by Gasteiger charge is -2.41. The van der Waals surface area contributed by atoms with Gasteiger partial charge in [0.15, 0.2) is 0 Å². The van der Waals surface area contributed by atoms with Crippen LogP contribution in [0.2, 0.25) is 10.0 Å². The second kappa shape index (κ2) is 9.84. The van der Waals surface area contributed by atoms with Gasteiger partial charge >= 0.3 is 0 Å². The van der Waals surface area contributed by atoms with Gasteiger partial charge in [0, 0.05) is 47.0 Å². The molecule has 34 heavy (non-hydrogen) atoms. The smallest absolute Gasteiger partial charge is 0.256 e. The lowest BCUT2D eigenvalue weighted by molar-refractivity contribution is 0.0462. The van der Waals surface area contributed by atoms with Gasteiger partial charge in [-0.25, -0.2) is 0 Å². The van der Waals surface area contributed by atoms with E-state index in [0.717, 1.165) is 11.3 Å². The Morgan fingerprint density at radius 2 is 1.88 bits per heavy atom. The van der Waals surface area contributed by atoms with E-state index in [1.807, 2.05) is 19.9 Å². The average molecular weight is 529 g/mol. The molecule has 1 unspecified atom stereocenters. The number of pyridine rings is 1. The second-order valence-corrected chi connectivity index (χ2v) is 12.4. The molecule has 0 radical (unpaired) electrons. The molecule has 1 atom stereocenters. The zero-order valence-corrected chi connectivity index (χ0v) is 21.8. The van der Waals surface area contributed by atoms with Crippen LogP contribution >= 0.6 is 33.8 Å². The maximum Gasteiger partial charge on any atom is 0.256 e. The zero-order valence-electron chi connectivity index (χ0n) is 19.5. The molecule has 2 aliphatic rings. The highest BCUT2D eigenvalue weighted by Gasteiger charge is 2.36. The molecule has 10 heteroatoms. The van der Waals surface area contributed by atoms with Crippen molar-refractivity contribution in [1.82, 2.24) is 9.88 Å². The van der Waals surface area contributed by atoms with Gasteiger partial charge in [0.25, 0.3) is 11.5 Å². The number of H-pyrrole nitrogens is 1. The Morgan fingerprint density at radius 1 is 1.21 bits per heavy atom. The van der Waals surface area contributed by atoms with Crippen molar-refractivity contribution in [3.63, 3.8) is 0 Å². The van der Waals surface area contributed by atoms with E-state index in [2.05, 4.69) is 4.98 Å². The number of aromatic amines is 1. The maximum absolute atomic E-state index is 13.6. The SMILES string of the molecule is COC(c1cc(Cl)c2c(c1Cl)C(=O)N(Cc1c(C)cc(C)[nH]c1=O)CC2)C1CCS(O)(O)CC1. The van der Waals surface area contributed by atoms with Gasteiger partial charge in [0.2, 0.25) is 0 Å². The first-order chi connectivity index (χ1) is 16.0. The summed E-state index contributed by atoms with van der Waals surface area (Å²) in [6, 6.07) is 3.67. The third kappa shape index (κ3) is 4.90. The quantitative estimate of drug-likeness (QED) is 0.485. The number of carbonyl (C=O) groups is 1. The fourth-order valence-corrected chi connectivity index (χ4v) is 7.31. The summed E-state index contributed by atoms with van der Waals surface area (Å²) in [6.07, 6.45) is 1.28. The molecule has 3 N–H and O–H groups in total. The first-order valence-electron chi connectivity index (χ1n) is 11.3. The van der Waals surface area contributed by atoms with E-state index in [1.54, 1.807) is 18.1 Å². The number of rotatable bonds is 5. The molecule has 0 spiro atoms. The summed E-state index contributed by atoms with van der Waals surface area (Å²) in [7, 11) is -0.947. The zero-order chi connectivity index (χ0) is 24.8. The molecule has 2 aromatic rings. The van der Waals surface area contributed by atoms with Crippen molar-refractivity contribution in [2.45, 2.75) is 45.8 Å². The minimum Gasteiger partial charge on any atom is -0.376 e. The van der Waals surface area contributed by atoms with E-state index in [-0.39, 0.29) is 23.9 Å². The van der Waals surface area contributed by atoms with Crippen LogP contribution in [0.25, 0.3) is 0 Å². The van der Waals surface area contributed by atoms with Gasteiger partial charge in [-0.3, -0.25) is 18.7 Å². The van der Waals surface area contributed by atoms with E-state index in [9.17, 15) is 18.7 Å². The fraction of sp³-hybridized carbons (Fsp3) is 0.500. The molecule has 2 aliphatic heterocycles. The van der Waals surface area contributed by atoms with Crippen LogP contribution in [0.3, 0.4) is 0 Å². The largest absolute Gasteiger partial charge is 0.376 e. The predicted molar refractivity (Wildman–Crippen MR) is 136 cm³/mol. The average Bonchev–Trinajstić information content (AvgIpc) is 2.76. The van der Waals surface area contributed by atoms with Crippen molar-refractivity contribution in [3.8, 4) is 0 Å². The number of ether oxygens (including phenoxy) is 1. The lowest BCUT2D eigenvalue weighted by Crippen LogP contribution is -2.39. The number of hydrogen-bond donors (Lipinski definition) is 3. The predicted octanol–water partition coefficient (Wildman–Crippen LogP) is 5.35. The number of halogens is 2. The standard InChI is InChI=1S/C24H30Cl2N2O5S/c1-13-10-14(2)27-23(29)18(13)12-28-7-4-16-19(25)11-17(21(26)20(16)24(28)30)22(33-3)15-5-8-34(31,32)9-6-15/h10-11,15,22,31-32H,4-9,12H2,1-3H3,(H,27,29). The highest BCUT2D eigenvalue weighted by Crippen LogP contribution is 2.50. The van der Waals surface area contributed by atoms with Crippen LogP contribution in [-0.4, -0.2) is 50.1 Å². The van der Waals surface area contributed by atoms with Crippen molar-refractivity contribution >= 4 is 39.7 Å². The number of amides is 1. The van der Waals surface area contributed by atoms with E-state index < -0.39 is 16.7 Å². The Balaban J connectivity index is 1.67. The van der Waals surface area contributed by atoms with Crippen molar-refractivity contribution in [2.75, 3.05) is 25.2 Å². The normalized spacial score (nSPS) is 20.2. The first-order valence-corrected chi connectivity index (χ1v) is 13.9. The number of aromatic nitrogens is 1. The van der Waals surface area contributed by atoms with Crippen molar-refractivity contribution in [2.24, 2.45) is 5.92 Å². The summed E-state index contributed by atoms with van der Waals surface area (Å²) in [5, 5.41) is 0.779. The number of fused-ring (bicyclic) bond motifs is 1.